The quantitative estimate of drug-likeness (QED) is 0.667. The van der Waals surface area contributed by atoms with Crippen LogP contribution in [0.1, 0.15) is 13.3 Å². The van der Waals surface area contributed by atoms with E-state index >= 15 is 0 Å². The largest absolute Gasteiger partial charge is 0.466 e. The molecule has 1 saturated heterocycles. The lowest BCUT2D eigenvalue weighted by molar-refractivity contribution is -0.153. The van der Waals surface area contributed by atoms with E-state index in [9.17, 15) is 4.79 Å². The van der Waals surface area contributed by atoms with Crippen LogP contribution in [0.15, 0.2) is 0 Å². The SMILES string of the molecule is CCOC(=O)[C@H]1COCC[C@H]1N.Cl. The van der Waals surface area contributed by atoms with Gasteiger partial charge in [-0.05, 0) is 13.3 Å². The maximum atomic E-state index is 11.2. The zero-order chi connectivity index (χ0) is 8.97. The second-order valence-corrected chi connectivity index (χ2v) is 2.89. The Hall–Kier alpha value is -0.320. The van der Waals surface area contributed by atoms with E-state index < -0.39 is 0 Å². The molecule has 78 valence electrons. The maximum absolute atomic E-state index is 11.2. The van der Waals surface area contributed by atoms with E-state index in [1.165, 1.54) is 0 Å². The standard InChI is InChI=1S/C8H15NO3.ClH/c1-2-12-8(10)6-5-11-4-3-7(6)9;/h6-7H,2-5,9H2,1H3;1H/t6-,7+;/m0./s1. The molecule has 2 atom stereocenters. The molecule has 0 aromatic rings. The van der Waals surface area contributed by atoms with Gasteiger partial charge in [-0.3, -0.25) is 4.79 Å². The van der Waals surface area contributed by atoms with Crippen LogP contribution in [0.4, 0.5) is 0 Å². The highest BCUT2D eigenvalue weighted by molar-refractivity contribution is 5.85. The Labute approximate surface area is 84.2 Å². The first-order valence-electron chi connectivity index (χ1n) is 4.25. The van der Waals surface area contributed by atoms with Gasteiger partial charge in [0.2, 0.25) is 0 Å². The van der Waals surface area contributed by atoms with E-state index in [1.54, 1.807) is 6.92 Å². The summed E-state index contributed by atoms with van der Waals surface area (Å²) in [5.41, 5.74) is 5.73. The zero-order valence-corrected chi connectivity index (χ0v) is 8.51. The Morgan fingerprint density at radius 2 is 2.38 bits per heavy atom. The van der Waals surface area contributed by atoms with E-state index in [-0.39, 0.29) is 30.3 Å². The highest BCUT2D eigenvalue weighted by Crippen LogP contribution is 2.13. The average molecular weight is 210 g/mol. The van der Waals surface area contributed by atoms with Crippen LogP contribution in [0.3, 0.4) is 0 Å². The van der Waals surface area contributed by atoms with Crippen molar-refractivity contribution in [2.75, 3.05) is 19.8 Å². The monoisotopic (exact) mass is 209 g/mol. The Morgan fingerprint density at radius 1 is 1.69 bits per heavy atom. The van der Waals surface area contributed by atoms with Gasteiger partial charge in [-0.25, -0.2) is 0 Å². The minimum atomic E-state index is -0.265. The minimum absolute atomic E-state index is 0. The minimum Gasteiger partial charge on any atom is -0.466 e. The van der Waals surface area contributed by atoms with Gasteiger partial charge in [0.05, 0.1) is 19.1 Å². The van der Waals surface area contributed by atoms with Crippen molar-refractivity contribution in [3.8, 4) is 0 Å². The fraction of sp³-hybridized carbons (Fsp3) is 0.875. The molecule has 1 fully saturated rings. The van der Waals surface area contributed by atoms with E-state index in [4.69, 9.17) is 15.2 Å². The van der Waals surface area contributed by atoms with Gasteiger partial charge in [-0.2, -0.15) is 0 Å². The first kappa shape index (κ1) is 12.7. The van der Waals surface area contributed by atoms with Crippen LogP contribution in [0.5, 0.6) is 0 Å². The number of hydrogen-bond acceptors (Lipinski definition) is 4. The van der Waals surface area contributed by atoms with Crippen molar-refractivity contribution in [3.05, 3.63) is 0 Å². The lowest BCUT2D eigenvalue weighted by Gasteiger charge is -2.26. The van der Waals surface area contributed by atoms with Gasteiger partial charge in [0.1, 0.15) is 0 Å². The molecule has 0 unspecified atom stereocenters. The van der Waals surface area contributed by atoms with Gasteiger partial charge in [0.25, 0.3) is 0 Å². The number of carbonyl (C=O) groups is 1. The molecule has 1 heterocycles. The molecule has 5 heteroatoms. The third kappa shape index (κ3) is 3.50. The molecule has 0 bridgehead atoms. The molecule has 1 rings (SSSR count). The van der Waals surface area contributed by atoms with Crippen LogP contribution in [0.25, 0.3) is 0 Å². The molecule has 0 aromatic carbocycles. The zero-order valence-electron chi connectivity index (χ0n) is 7.69. The predicted octanol–water partition coefficient (Wildman–Crippen LogP) is 0.335. The number of nitrogens with two attached hydrogens (primary N) is 1. The number of ether oxygens (including phenoxy) is 2. The van der Waals surface area contributed by atoms with E-state index in [1.807, 2.05) is 0 Å². The fourth-order valence-corrected chi connectivity index (χ4v) is 1.25. The number of hydrogen-bond donors (Lipinski definition) is 1. The topological polar surface area (TPSA) is 61.5 Å². The van der Waals surface area contributed by atoms with Crippen molar-refractivity contribution in [2.45, 2.75) is 19.4 Å². The molecule has 2 N–H and O–H groups in total. The average Bonchev–Trinajstić information content (AvgIpc) is 2.05. The third-order valence-electron chi connectivity index (χ3n) is 2.00. The highest BCUT2D eigenvalue weighted by Gasteiger charge is 2.29. The predicted molar refractivity (Wildman–Crippen MR) is 50.8 cm³/mol. The molecule has 1 aliphatic rings. The summed E-state index contributed by atoms with van der Waals surface area (Å²) >= 11 is 0. The summed E-state index contributed by atoms with van der Waals surface area (Å²) in [4.78, 5) is 11.2. The van der Waals surface area contributed by atoms with Gasteiger partial charge in [0, 0.05) is 12.6 Å². The van der Waals surface area contributed by atoms with Crippen LogP contribution in [-0.2, 0) is 14.3 Å². The van der Waals surface area contributed by atoms with E-state index in [0.717, 1.165) is 6.42 Å². The Kier molecular flexibility index (Phi) is 6.03. The molecular weight excluding hydrogens is 194 g/mol. The second-order valence-electron chi connectivity index (χ2n) is 2.89. The van der Waals surface area contributed by atoms with Gasteiger partial charge in [0.15, 0.2) is 0 Å². The van der Waals surface area contributed by atoms with Gasteiger partial charge >= 0.3 is 5.97 Å². The van der Waals surface area contributed by atoms with Gasteiger partial charge in [-0.15, -0.1) is 12.4 Å². The van der Waals surface area contributed by atoms with Crippen molar-refractivity contribution in [3.63, 3.8) is 0 Å². The first-order chi connectivity index (χ1) is 5.75. The molecule has 0 saturated carbocycles. The summed E-state index contributed by atoms with van der Waals surface area (Å²) in [6.45, 7) is 3.24. The molecular formula is C8H16ClNO3. The molecule has 4 nitrogen and oxygen atoms in total. The van der Waals surface area contributed by atoms with Crippen molar-refractivity contribution >= 4 is 18.4 Å². The van der Waals surface area contributed by atoms with Crippen molar-refractivity contribution in [1.29, 1.82) is 0 Å². The number of halogens is 1. The molecule has 0 amide bonds. The van der Waals surface area contributed by atoms with E-state index in [2.05, 4.69) is 0 Å². The van der Waals surface area contributed by atoms with Crippen LogP contribution >= 0.6 is 12.4 Å². The van der Waals surface area contributed by atoms with Gasteiger partial charge < -0.3 is 15.2 Å². The lowest BCUT2D eigenvalue weighted by Crippen LogP contribution is -2.43. The fourth-order valence-electron chi connectivity index (χ4n) is 1.25. The molecule has 0 aliphatic carbocycles. The molecule has 13 heavy (non-hydrogen) atoms. The number of rotatable bonds is 2. The summed E-state index contributed by atoms with van der Waals surface area (Å²) in [6, 6.07) is -0.0993. The third-order valence-corrected chi connectivity index (χ3v) is 2.00. The first-order valence-corrected chi connectivity index (χ1v) is 4.25. The molecule has 0 spiro atoms. The Balaban J connectivity index is 0.00000144. The van der Waals surface area contributed by atoms with Crippen LogP contribution in [-0.4, -0.2) is 31.8 Å². The van der Waals surface area contributed by atoms with Crippen LogP contribution < -0.4 is 5.73 Å². The van der Waals surface area contributed by atoms with Crippen molar-refractivity contribution in [1.82, 2.24) is 0 Å². The normalized spacial score (nSPS) is 27.5. The maximum Gasteiger partial charge on any atom is 0.312 e. The van der Waals surface area contributed by atoms with Crippen molar-refractivity contribution in [2.24, 2.45) is 11.7 Å². The summed E-state index contributed by atoms with van der Waals surface area (Å²) in [5, 5.41) is 0. The second kappa shape index (κ2) is 6.18. The number of carbonyl (C=O) groups excluding carboxylic acids is 1. The summed E-state index contributed by atoms with van der Waals surface area (Å²) < 4.78 is 9.99. The highest BCUT2D eigenvalue weighted by atomic mass is 35.5. The smallest absolute Gasteiger partial charge is 0.312 e. The molecule has 1 aliphatic heterocycles. The van der Waals surface area contributed by atoms with Crippen LogP contribution in [0.2, 0.25) is 0 Å². The Bertz CT molecular complexity index is 165. The molecule has 0 radical (unpaired) electrons. The number of esters is 1. The lowest BCUT2D eigenvalue weighted by atomic mass is 9.97. The summed E-state index contributed by atoms with van der Waals surface area (Å²) in [5.74, 6) is -0.497. The van der Waals surface area contributed by atoms with Crippen molar-refractivity contribution < 1.29 is 14.3 Å². The van der Waals surface area contributed by atoms with Crippen LogP contribution in [0, 0.1) is 5.92 Å². The Morgan fingerprint density at radius 3 is 2.92 bits per heavy atom. The summed E-state index contributed by atoms with van der Waals surface area (Å²) in [6.07, 6.45) is 0.740. The molecule has 0 aromatic heterocycles. The summed E-state index contributed by atoms with van der Waals surface area (Å²) in [7, 11) is 0. The van der Waals surface area contributed by atoms with E-state index in [0.29, 0.717) is 19.8 Å². The van der Waals surface area contributed by atoms with Gasteiger partial charge in [-0.1, -0.05) is 0 Å².